The van der Waals surface area contributed by atoms with Crippen molar-refractivity contribution in [3.63, 3.8) is 0 Å². The normalized spacial score (nSPS) is 11.0. The Balaban J connectivity index is 5.02. The lowest BCUT2D eigenvalue weighted by Crippen LogP contribution is -2.31. The summed E-state index contributed by atoms with van der Waals surface area (Å²) < 4.78 is 0. The van der Waals surface area contributed by atoms with Crippen LogP contribution in [0.5, 0.6) is 0 Å². The van der Waals surface area contributed by atoms with Crippen molar-refractivity contribution in [3.8, 4) is 0 Å². The topological polar surface area (TPSA) is 173 Å². The van der Waals surface area contributed by atoms with Gasteiger partial charge >= 0.3 is 0 Å². The van der Waals surface area contributed by atoms with Crippen molar-refractivity contribution in [2.45, 2.75) is 25.7 Å². The van der Waals surface area contributed by atoms with Crippen molar-refractivity contribution in [2.24, 2.45) is 5.41 Å². The molecular formula is C9H16N4O8. The predicted molar refractivity (Wildman–Crippen MR) is 68.3 cm³/mol. The van der Waals surface area contributed by atoms with Crippen LogP contribution < -0.4 is 0 Å². The van der Waals surface area contributed by atoms with Gasteiger partial charge in [-0.15, -0.1) is 0 Å². The average Bonchev–Trinajstić information content (AvgIpc) is 2.36. The molecule has 0 aliphatic carbocycles. The van der Waals surface area contributed by atoms with E-state index >= 15 is 0 Å². The van der Waals surface area contributed by atoms with Crippen LogP contribution in [0.3, 0.4) is 0 Å². The SMILES string of the molecule is O=[N+]([O-])CCC(CC[N+](=O)[O-])(CC[N+](=O)[O-])CC[N+](=O)[O-]. The first-order valence-electron chi connectivity index (χ1n) is 6.14. The van der Waals surface area contributed by atoms with Gasteiger partial charge < -0.3 is 0 Å². The maximum Gasteiger partial charge on any atom is 0.204 e. The summed E-state index contributed by atoms with van der Waals surface area (Å²) in [7, 11) is 0. The minimum atomic E-state index is -1.14. The fourth-order valence-corrected chi connectivity index (χ4v) is 2.06. The minimum absolute atomic E-state index is 0.157. The molecule has 0 saturated carbocycles. The van der Waals surface area contributed by atoms with Crippen LogP contribution in [-0.2, 0) is 0 Å². The number of rotatable bonds is 12. The van der Waals surface area contributed by atoms with Gasteiger partial charge in [-0.05, 0) is 5.41 Å². The Morgan fingerprint density at radius 3 is 0.857 bits per heavy atom. The molecule has 0 heterocycles. The van der Waals surface area contributed by atoms with Crippen molar-refractivity contribution >= 4 is 0 Å². The third-order valence-electron chi connectivity index (χ3n) is 3.30. The van der Waals surface area contributed by atoms with Crippen molar-refractivity contribution in [2.75, 3.05) is 26.2 Å². The van der Waals surface area contributed by atoms with Crippen LogP contribution in [0.1, 0.15) is 25.7 Å². The van der Waals surface area contributed by atoms with Gasteiger partial charge in [0.1, 0.15) is 0 Å². The monoisotopic (exact) mass is 308 g/mol. The molecule has 0 fully saturated rings. The van der Waals surface area contributed by atoms with Gasteiger partial charge in [-0.2, -0.15) is 0 Å². The van der Waals surface area contributed by atoms with Gasteiger partial charge in [-0.1, -0.05) is 0 Å². The summed E-state index contributed by atoms with van der Waals surface area (Å²) in [6.45, 7) is -2.14. The standard InChI is InChI=1S/C9H16N4O8/c14-10(15)5-1-9(2-6-11(16)17,3-7-12(18)19)4-8-13(20)21/h1-8H2. The third-order valence-corrected chi connectivity index (χ3v) is 3.30. The summed E-state index contributed by atoms with van der Waals surface area (Å²) in [5.74, 6) is 0. The first-order valence-corrected chi connectivity index (χ1v) is 6.14. The first kappa shape index (κ1) is 18.6. The molecular weight excluding hydrogens is 292 g/mol. The van der Waals surface area contributed by atoms with Crippen LogP contribution in [0.25, 0.3) is 0 Å². The van der Waals surface area contributed by atoms with Gasteiger partial charge in [0.05, 0.1) is 0 Å². The zero-order valence-electron chi connectivity index (χ0n) is 11.2. The molecule has 0 aromatic rings. The summed E-state index contributed by atoms with van der Waals surface area (Å²) in [4.78, 5) is 39.3. The Morgan fingerprint density at radius 2 is 0.714 bits per heavy atom. The number of hydrogen-bond acceptors (Lipinski definition) is 8. The molecule has 0 radical (unpaired) electrons. The van der Waals surface area contributed by atoms with Crippen LogP contribution in [0, 0.1) is 45.9 Å². The van der Waals surface area contributed by atoms with E-state index in [0.717, 1.165) is 0 Å². The zero-order valence-corrected chi connectivity index (χ0v) is 11.2. The van der Waals surface area contributed by atoms with E-state index in [1.165, 1.54) is 0 Å². The highest BCUT2D eigenvalue weighted by atomic mass is 16.6. The van der Waals surface area contributed by atoms with Crippen LogP contribution >= 0.6 is 0 Å². The average molecular weight is 308 g/mol. The Labute approximate surface area is 118 Å². The second-order valence-electron chi connectivity index (χ2n) is 4.73. The summed E-state index contributed by atoms with van der Waals surface area (Å²) in [6.07, 6.45) is -0.629. The van der Waals surface area contributed by atoms with E-state index in [1.54, 1.807) is 0 Å². The van der Waals surface area contributed by atoms with Crippen molar-refractivity contribution in [1.82, 2.24) is 0 Å². The van der Waals surface area contributed by atoms with Crippen molar-refractivity contribution in [3.05, 3.63) is 40.5 Å². The molecule has 0 N–H and O–H groups in total. The maximum atomic E-state index is 10.5. The molecule has 0 aromatic heterocycles. The summed E-state index contributed by atoms with van der Waals surface area (Å²) in [5, 5.41) is 41.9. The van der Waals surface area contributed by atoms with E-state index in [9.17, 15) is 40.5 Å². The highest BCUT2D eigenvalue weighted by molar-refractivity contribution is 4.79. The molecule has 0 saturated heterocycles. The molecule has 0 amide bonds. The number of hydrogen-bond donors (Lipinski definition) is 0. The molecule has 0 aliphatic rings. The molecule has 12 heteroatoms. The molecule has 120 valence electrons. The number of nitrogens with zero attached hydrogens (tertiary/aromatic N) is 4. The molecule has 0 unspecified atom stereocenters. The number of nitro groups is 4. The summed E-state index contributed by atoms with van der Waals surface area (Å²) in [6, 6.07) is 0. The summed E-state index contributed by atoms with van der Waals surface area (Å²) >= 11 is 0. The molecule has 0 bridgehead atoms. The Morgan fingerprint density at radius 1 is 0.524 bits per heavy atom. The fraction of sp³-hybridized carbons (Fsp3) is 1.00. The van der Waals surface area contributed by atoms with Gasteiger partial charge in [-0.25, -0.2) is 0 Å². The van der Waals surface area contributed by atoms with Crippen molar-refractivity contribution < 1.29 is 19.7 Å². The second kappa shape index (κ2) is 8.71. The van der Waals surface area contributed by atoms with Gasteiger partial charge in [0.2, 0.25) is 26.2 Å². The Kier molecular flexibility index (Phi) is 7.71. The van der Waals surface area contributed by atoms with Crippen LogP contribution in [0.15, 0.2) is 0 Å². The van der Waals surface area contributed by atoms with E-state index in [2.05, 4.69) is 0 Å². The minimum Gasteiger partial charge on any atom is -0.265 e. The van der Waals surface area contributed by atoms with Crippen LogP contribution in [0.4, 0.5) is 0 Å². The lowest BCUT2D eigenvalue weighted by Gasteiger charge is -2.28. The highest BCUT2D eigenvalue weighted by Crippen LogP contribution is 2.35. The smallest absolute Gasteiger partial charge is 0.204 e. The third kappa shape index (κ3) is 9.18. The van der Waals surface area contributed by atoms with Crippen LogP contribution in [-0.4, -0.2) is 45.9 Å². The summed E-state index contributed by atoms with van der Waals surface area (Å²) in [5.41, 5.74) is -1.14. The fourth-order valence-electron chi connectivity index (χ4n) is 2.06. The lowest BCUT2D eigenvalue weighted by atomic mass is 9.75. The van der Waals surface area contributed by atoms with E-state index in [1.807, 2.05) is 0 Å². The van der Waals surface area contributed by atoms with Gasteiger partial charge in [0.15, 0.2) is 0 Å². The first-order chi connectivity index (χ1) is 9.67. The molecule has 0 spiro atoms. The molecule has 0 rings (SSSR count). The van der Waals surface area contributed by atoms with Gasteiger partial charge in [-0.3, -0.25) is 40.5 Å². The Hall–Kier alpha value is -2.40. The van der Waals surface area contributed by atoms with Gasteiger partial charge in [0.25, 0.3) is 0 Å². The zero-order chi connectivity index (χ0) is 16.5. The molecule has 12 nitrogen and oxygen atoms in total. The molecule has 0 atom stereocenters. The molecule has 0 aromatic carbocycles. The van der Waals surface area contributed by atoms with E-state index in [0.29, 0.717) is 0 Å². The van der Waals surface area contributed by atoms with Crippen LogP contribution in [0.2, 0.25) is 0 Å². The van der Waals surface area contributed by atoms with E-state index in [4.69, 9.17) is 0 Å². The second-order valence-corrected chi connectivity index (χ2v) is 4.73. The Bertz CT molecular complexity index is 335. The predicted octanol–water partition coefficient (Wildman–Crippen LogP) is 0.640. The molecule has 21 heavy (non-hydrogen) atoms. The largest absolute Gasteiger partial charge is 0.265 e. The maximum absolute atomic E-state index is 10.5. The van der Waals surface area contributed by atoms with E-state index in [-0.39, 0.29) is 25.7 Å². The van der Waals surface area contributed by atoms with Crippen molar-refractivity contribution in [1.29, 1.82) is 0 Å². The van der Waals surface area contributed by atoms with Gasteiger partial charge in [0, 0.05) is 45.4 Å². The highest BCUT2D eigenvalue weighted by Gasteiger charge is 2.36. The van der Waals surface area contributed by atoms with E-state index < -0.39 is 51.3 Å². The molecule has 0 aliphatic heterocycles. The quantitative estimate of drug-likeness (QED) is 0.373. The lowest BCUT2D eigenvalue weighted by molar-refractivity contribution is -0.504.